The van der Waals surface area contributed by atoms with E-state index < -0.39 is 52.5 Å². The lowest BCUT2D eigenvalue weighted by molar-refractivity contribution is -0.577. The molecule has 0 aliphatic rings. The van der Waals surface area contributed by atoms with Gasteiger partial charge in [0.1, 0.15) is 34.9 Å². The zero-order valence-electron chi connectivity index (χ0n) is 53.8. The van der Waals surface area contributed by atoms with Crippen LogP contribution in [-0.4, -0.2) is 64.6 Å². The number of pyridine rings is 3. The highest BCUT2D eigenvalue weighted by atomic mass is 32.2. The molecule has 6 aromatic heterocycles. The quantitative estimate of drug-likeness (QED) is 0.0655. The largest absolute Gasteiger partial charge is 0.618 e. The smallest absolute Gasteiger partial charge is 0.263 e. The highest BCUT2D eigenvalue weighted by molar-refractivity contribution is 7.93. The Hall–Kier alpha value is -10.1. The van der Waals surface area contributed by atoms with Crippen molar-refractivity contribution in [3.8, 4) is 17.1 Å². The van der Waals surface area contributed by atoms with Crippen molar-refractivity contribution in [2.45, 2.75) is 114 Å². The van der Waals surface area contributed by atoms with Gasteiger partial charge in [0.15, 0.2) is 6.20 Å². The fraction of sp³-hybridized carbons (Fsp3) is 0.217. The molecule has 0 unspecified atom stereocenters. The molecule has 0 fully saturated rings. The van der Waals surface area contributed by atoms with Gasteiger partial charge in [-0.25, -0.2) is 53.1 Å². The number of anilines is 4. The summed E-state index contributed by atoms with van der Waals surface area (Å²) in [4.78, 5) is 8.54. The Balaban J connectivity index is 0.000000154. The molecular formula is C69H71F2N13O7S3. The monoisotopic (exact) mass is 1330 g/mol. The van der Waals surface area contributed by atoms with Crippen molar-refractivity contribution in [2.75, 3.05) is 19.9 Å². The highest BCUT2D eigenvalue weighted by Gasteiger charge is 2.27. The minimum atomic E-state index is -4.09. The number of nitrogens with two attached hydrogens (primary N) is 1. The van der Waals surface area contributed by atoms with Crippen LogP contribution in [0.1, 0.15) is 96.1 Å². The molecule has 5 N–H and O–H groups in total. The molecule has 0 atom stereocenters. The summed E-state index contributed by atoms with van der Waals surface area (Å²) in [6, 6.07) is 46.6. The molecule has 94 heavy (non-hydrogen) atoms. The second kappa shape index (κ2) is 25.4. The molecule has 0 aliphatic carbocycles. The maximum atomic E-state index is 14.6. The van der Waals surface area contributed by atoms with Gasteiger partial charge in [-0.15, -0.1) is 0 Å². The van der Waals surface area contributed by atoms with Gasteiger partial charge in [0, 0.05) is 47.3 Å². The first-order valence-corrected chi connectivity index (χ1v) is 34.1. The number of hydrogen-bond acceptors (Lipinski definition) is 13. The summed E-state index contributed by atoms with van der Waals surface area (Å²) < 4.78 is 121. The molecule has 6 aromatic carbocycles. The third-order valence-corrected chi connectivity index (χ3v) is 19.3. The summed E-state index contributed by atoms with van der Waals surface area (Å²) in [7, 11) is -11.9. The van der Waals surface area contributed by atoms with Gasteiger partial charge in [-0.1, -0.05) is 105 Å². The predicted molar refractivity (Wildman–Crippen MR) is 364 cm³/mol. The zero-order valence-corrected chi connectivity index (χ0v) is 56.2. The first-order chi connectivity index (χ1) is 44.1. The molecule has 0 aliphatic heterocycles. The molecule has 0 saturated heterocycles. The Bertz CT molecular complexity index is 5220. The Labute approximate surface area is 544 Å². The van der Waals surface area contributed by atoms with Crippen LogP contribution in [0.3, 0.4) is 0 Å². The molecule has 20 nitrogen and oxygen atoms in total. The third-order valence-electron chi connectivity index (χ3n) is 15.2. The molecule has 486 valence electrons. The summed E-state index contributed by atoms with van der Waals surface area (Å²) in [6.45, 7) is 22.8. The van der Waals surface area contributed by atoms with Crippen molar-refractivity contribution < 1.29 is 38.8 Å². The van der Waals surface area contributed by atoms with Gasteiger partial charge in [-0.3, -0.25) is 19.2 Å². The van der Waals surface area contributed by atoms with Crippen LogP contribution in [0, 0.1) is 37.6 Å². The molecule has 12 aromatic rings. The van der Waals surface area contributed by atoms with Gasteiger partial charge in [-0.2, -0.15) is 20.0 Å². The van der Waals surface area contributed by atoms with Gasteiger partial charge in [0.05, 0.1) is 65.3 Å². The molecule has 0 amide bonds. The van der Waals surface area contributed by atoms with E-state index in [1.807, 2.05) is 115 Å². The van der Waals surface area contributed by atoms with E-state index in [2.05, 4.69) is 60.2 Å². The number of nitrogens with one attached hydrogen (secondary N) is 3. The number of sulfonamides is 3. The number of fused-ring (bicyclic) bond motifs is 3. The van der Waals surface area contributed by atoms with E-state index in [4.69, 9.17) is 5.73 Å². The summed E-state index contributed by atoms with van der Waals surface area (Å²) >= 11 is 0. The topological polar surface area (TPSA) is 271 Å². The number of aromatic nitrogens is 9. The van der Waals surface area contributed by atoms with E-state index in [0.717, 1.165) is 38.7 Å². The number of nitrogens with zero attached hydrogens (tertiary/aromatic N) is 9. The molecular weight excluding hydrogens is 1260 g/mol. The van der Waals surface area contributed by atoms with Crippen LogP contribution in [0.4, 0.5) is 32.1 Å². The molecule has 25 heteroatoms. The van der Waals surface area contributed by atoms with Crippen molar-refractivity contribution >= 4 is 86.1 Å². The average Bonchev–Trinajstić information content (AvgIpc) is 1.50. The van der Waals surface area contributed by atoms with Crippen LogP contribution >= 0.6 is 0 Å². The maximum absolute atomic E-state index is 14.6. The number of hydrogen-bond donors (Lipinski definition) is 4. The minimum absolute atomic E-state index is 0.0583. The third kappa shape index (κ3) is 14.4. The highest BCUT2D eigenvalue weighted by Crippen LogP contribution is 2.34. The van der Waals surface area contributed by atoms with Crippen molar-refractivity contribution in [2.24, 2.45) is 0 Å². The lowest BCUT2D eigenvalue weighted by Gasteiger charge is -2.20. The fourth-order valence-corrected chi connectivity index (χ4v) is 13.7. The molecule has 0 radical (unpaired) electrons. The van der Waals surface area contributed by atoms with Crippen LogP contribution in [0.5, 0.6) is 0 Å². The number of rotatable bonds is 12. The second-order valence-corrected chi connectivity index (χ2v) is 30.6. The van der Waals surface area contributed by atoms with E-state index in [0.29, 0.717) is 73.3 Å². The maximum Gasteiger partial charge on any atom is 0.263 e. The number of benzene rings is 6. The van der Waals surface area contributed by atoms with Gasteiger partial charge < -0.3 is 10.9 Å². The molecule has 6 heterocycles. The predicted octanol–water partition coefficient (Wildman–Crippen LogP) is 13.6. The van der Waals surface area contributed by atoms with Crippen molar-refractivity contribution in [3.63, 3.8) is 0 Å². The van der Waals surface area contributed by atoms with Crippen LogP contribution in [-0.2, 0) is 46.3 Å². The lowest BCUT2D eigenvalue weighted by atomic mass is 9.87. The van der Waals surface area contributed by atoms with Crippen molar-refractivity contribution in [3.05, 3.63) is 233 Å². The minimum Gasteiger partial charge on any atom is -0.618 e. The summed E-state index contributed by atoms with van der Waals surface area (Å²) in [5.41, 5.74) is 12.5. The number of halogens is 2. The van der Waals surface area contributed by atoms with Gasteiger partial charge in [0.2, 0.25) is 5.52 Å². The Morgan fingerprint density at radius 2 is 0.872 bits per heavy atom. The lowest BCUT2D eigenvalue weighted by Crippen LogP contribution is -2.26. The average molecular weight is 1330 g/mol. The normalized spacial score (nSPS) is 12.3. The van der Waals surface area contributed by atoms with E-state index in [1.165, 1.54) is 39.8 Å². The van der Waals surface area contributed by atoms with Crippen molar-refractivity contribution in [1.82, 2.24) is 39.3 Å². The van der Waals surface area contributed by atoms with E-state index in [9.17, 15) is 39.2 Å². The standard InChI is InChI=1S/C23H23FN4O3S.C23H23FN4O2S.C23H25N5O2S/c1-15-13-22(26-32(30,31)16-10-11-18(19(24)14-16)23(2,3)4)28(25-15)21-9-5-8-20-17(21)7-6-12-27(20)29;1-15-13-22(28(26-15)21-9-5-8-20-17(21)7-6-12-25-20)27-31(29,30)16-10-11-18(19(24)14-16)23(2,3)4;1-15-14-22(27-31(29,30)17-10-8-16(9-11-17)23(2,3)4)28(26-15)20-7-5-6-19-18(20)12-13-21(24)25-19/h5-14,26H,1-4H3;5-14,27H,1-4H3;5-14,27H,1-4H3,(H2,24,25). The first kappa shape index (κ1) is 66.8. The van der Waals surface area contributed by atoms with Crippen LogP contribution < -0.4 is 24.6 Å². The molecule has 0 saturated carbocycles. The number of nitrogen functional groups attached to an aromatic ring is 1. The van der Waals surface area contributed by atoms with Crippen LogP contribution in [0.15, 0.2) is 197 Å². The zero-order chi connectivity index (χ0) is 68.0. The van der Waals surface area contributed by atoms with E-state index in [1.54, 1.807) is 91.5 Å². The summed E-state index contributed by atoms with van der Waals surface area (Å²) in [5.74, 6) is 0.0627. The van der Waals surface area contributed by atoms with Crippen LogP contribution in [0.25, 0.3) is 49.8 Å². The van der Waals surface area contributed by atoms with Gasteiger partial charge in [-0.05, 0) is 151 Å². The fourth-order valence-electron chi connectivity index (χ4n) is 10.5. The van der Waals surface area contributed by atoms with Gasteiger partial charge >= 0.3 is 0 Å². The second-order valence-electron chi connectivity index (χ2n) is 25.6. The Morgan fingerprint density at radius 3 is 1.33 bits per heavy atom. The summed E-state index contributed by atoms with van der Waals surface area (Å²) in [5, 5.41) is 27.8. The van der Waals surface area contributed by atoms with Crippen molar-refractivity contribution in [1.29, 1.82) is 0 Å². The Morgan fingerprint density at radius 1 is 0.457 bits per heavy atom. The number of aryl methyl sites for hydroxylation is 3. The Kier molecular flexibility index (Phi) is 18.1. The van der Waals surface area contributed by atoms with Gasteiger partial charge in [0.25, 0.3) is 30.1 Å². The molecule has 0 bridgehead atoms. The summed E-state index contributed by atoms with van der Waals surface area (Å²) in [6.07, 6.45) is 3.08. The first-order valence-electron chi connectivity index (χ1n) is 29.7. The molecule has 12 rings (SSSR count). The van der Waals surface area contributed by atoms with E-state index >= 15 is 0 Å². The van der Waals surface area contributed by atoms with Crippen LogP contribution in [0.2, 0.25) is 0 Å². The van der Waals surface area contributed by atoms with E-state index in [-0.39, 0.29) is 31.7 Å². The SMILES string of the molecule is Cc1cc(NS(=O)(=O)c2ccc(C(C)(C)C)c(F)c2)n(-c2cccc3c2ccc[n+]3[O-])n1.Cc1cc(NS(=O)(=O)c2ccc(C(C)(C)C)c(F)c2)n(-c2cccc3ncccc23)n1.Cc1cc(NS(=O)(=O)c2ccc(C(C)(C)C)cc2)n(-c2cccc3nc(N)ccc23)n1. The molecule has 0 spiro atoms.